The summed E-state index contributed by atoms with van der Waals surface area (Å²) in [5.74, 6) is -1.46. The Balaban J connectivity index is 1.40. The van der Waals surface area contributed by atoms with E-state index in [2.05, 4.69) is 11.4 Å². The van der Waals surface area contributed by atoms with Crippen molar-refractivity contribution in [3.05, 3.63) is 82.1 Å². The predicted molar refractivity (Wildman–Crippen MR) is 152 cm³/mol. The average Bonchev–Trinajstić information content (AvgIpc) is 3.43. The van der Waals surface area contributed by atoms with Gasteiger partial charge in [-0.3, -0.25) is 9.59 Å². The van der Waals surface area contributed by atoms with Crippen LogP contribution >= 0.6 is 11.3 Å². The van der Waals surface area contributed by atoms with Crippen LogP contribution in [0, 0.1) is 17.0 Å². The number of rotatable bonds is 15. The molecule has 3 aromatic rings. The maximum Gasteiger partial charge on any atom is 0.162 e. The Morgan fingerprint density at radius 1 is 0.949 bits per heavy atom. The summed E-state index contributed by atoms with van der Waals surface area (Å²) in [6.45, 7) is 3.94. The summed E-state index contributed by atoms with van der Waals surface area (Å²) in [5.41, 5.74) is 15.2. The van der Waals surface area contributed by atoms with Gasteiger partial charge >= 0.3 is 0 Å². The van der Waals surface area contributed by atoms with E-state index in [9.17, 15) is 23.5 Å². The minimum absolute atomic E-state index is 0.0623. The van der Waals surface area contributed by atoms with Crippen LogP contribution in [0.4, 0.5) is 8.78 Å². The number of nitrogens with two attached hydrogens (primary N) is 2. The van der Waals surface area contributed by atoms with Gasteiger partial charge in [-0.25, -0.2) is 8.78 Å². The number of halogens is 2. The minimum atomic E-state index is -1.26. The lowest BCUT2D eigenvalue weighted by Gasteiger charge is -2.25. The molecule has 5 nitrogen and oxygen atoms in total. The van der Waals surface area contributed by atoms with Crippen LogP contribution in [0.3, 0.4) is 0 Å². The van der Waals surface area contributed by atoms with Crippen molar-refractivity contribution in [2.24, 2.45) is 16.9 Å². The van der Waals surface area contributed by atoms with E-state index in [1.807, 2.05) is 43.5 Å². The van der Waals surface area contributed by atoms with E-state index in [0.717, 1.165) is 34.9 Å². The largest absolute Gasteiger partial charge is 0.384 e. The third-order valence-electron chi connectivity index (χ3n) is 7.12. The second-order valence-corrected chi connectivity index (χ2v) is 11.9. The van der Waals surface area contributed by atoms with Gasteiger partial charge in [0.25, 0.3) is 0 Å². The zero-order valence-corrected chi connectivity index (χ0v) is 23.4. The molecule has 0 bridgehead atoms. The van der Waals surface area contributed by atoms with Crippen LogP contribution in [0.15, 0.2) is 59.3 Å². The molecule has 210 valence electrons. The zero-order chi connectivity index (χ0) is 28.6. The summed E-state index contributed by atoms with van der Waals surface area (Å²) in [7, 11) is 0. The normalized spacial score (nSPS) is 14.1. The summed E-state index contributed by atoms with van der Waals surface area (Å²) in [6.07, 6.45) is 0.721. The van der Waals surface area contributed by atoms with Crippen molar-refractivity contribution in [1.29, 1.82) is 0 Å². The van der Waals surface area contributed by atoms with Crippen molar-refractivity contribution in [2.45, 2.75) is 77.0 Å². The van der Waals surface area contributed by atoms with Crippen molar-refractivity contribution >= 4 is 22.9 Å². The first kappa shape index (κ1) is 30.8. The van der Waals surface area contributed by atoms with Crippen LogP contribution in [0.25, 0.3) is 11.1 Å². The Bertz CT molecular complexity index is 1230. The monoisotopic (exact) mass is 556 g/mol. The smallest absolute Gasteiger partial charge is 0.162 e. The first-order valence-electron chi connectivity index (χ1n) is 13.2. The zero-order valence-electron chi connectivity index (χ0n) is 22.5. The van der Waals surface area contributed by atoms with Gasteiger partial charge in [0.2, 0.25) is 0 Å². The molecule has 0 spiro atoms. The maximum absolute atomic E-state index is 13.8. The highest BCUT2D eigenvalue weighted by Gasteiger charge is 2.27. The van der Waals surface area contributed by atoms with Crippen molar-refractivity contribution in [1.82, 2.24) is 0 Å². The fraction of sp³-hybridized carbons (Fsp3) is 0.419. The molecule has 0 saturated heterocycles. The van der Waals surface area contributed by atoms with Crippen molar-refractivity contribution < 1.29 is 23.5 Å². The molecule has 39 heavy (non-hydrogen) atoms. The number of carbonyl (C=O) groups excluding carboxylic acids is 2. The Kier molecular flexibility index (Phi) is 11.1. The number of aliphatic hydroxyl groups is 1. The molecule has 5 N–H and O–H groups in total. The molecule has 0 fully saturated rings. The van der Waals surface area contributed by atoms with Gasteiger partial charge in [0.15, 0.2) is 5.78 Å². The number of aliphatic hydroxyl groups excluding tert-OH is 1. The maximum atomic E-state index is 13.8. The molecule has 1 aromatic heterocycles. The first-order valence-corrected chi connectivity index (χ1v) is 14.2. The van der Waals surface area contributed by atoms with Gasteiger partial charge in [-0.15, -0.1) is 0 Å². The first-order chi connectivity index (χ1) is 18.4. The SMILES string of the molecule is CC(C)(CCC(=O)CC(N)Cc1cc(F)ccc1F)CCC(=O)C(O)C(N)Cc1ccc(-c2ccsc2)cc1. The number of carbonyl (C=O) groups is 2. The average molecular weight is 557 g/mol. The highest BCUT2D eigenvalue weighted by molar-refractivity contribution is 7.08. The van der Waals surface area contributed by atoms with Gasteiger partial charge in [0, 0.05) is 31.3 Å². The van der Waals surface area contributed by atoms with Crippen LogP contribution in [-0.4, -0.2) is 34.9 Å². The molecule has 3 atom stereocenters. The molecule has 8 heteroatoms. The fourth-order valence-electron chi connectivity index (χ4n) is 4.55. The van der Waals surface area contributed by atoms with Crippen LogP contribution in [0.5, 0.6) is 0 Å². The second kappa shape index (κ2) is 14.0. The quantitative estimate of drug-likeness (QED) is 0.226. The van der Waals surface area contributed by atoms with Crippen molar-refractivity contribution in [2.75, 3.05) is 0 Å². The Morgan fingerprint density at radius 2 is 1.64 bits per heavy atom. The van der Waals surface area contributed by atoms with E-state index >= 15 is 0 Å². The van der Waals surface area contributed by atoms with E-state index in [4.69, 9.17) is 11.5 Å². The van der Waals surface area contributed by atoms with E-state index in [1.165, 1.54) is 0 Å². The molecular weight excluding hydrogens is 518 g/mol. The van der Waals surface area contributed by atoms with E-state index in [-0.39, 0.29) is 48.2 Å². The summed E-state index contributed by atoms with van der Waals surface area (Å²) >= 11 is 1.64. The lowest BCUT2D eigenvalue weighted by atomic mass is 9.80. The number of Topliss-reactive ketones (excluding diaryl/α,β-unsaturated/α-hetero) is 2. The number of hydrogen-bond acceptors (Lipinski definition) is 6. The number of benzene rings is 2. The van der Waals surface area contributed by atoms with Crippen LogP contribution in [0.2, 0.25) is 0 Å². The Hall–Kier alpha value is -2.78. The predicted octanol–water partition coefficient (Wildman–Crippen LogP) is 5.61. The fourth-order valence-corrected chi connectivity index (χ4v) is 5.21. The van der Waals surface area contributed by atoms with Gasteiger partial charge in [0.1, 0.15) is 23.5 Å². The molecule has 2 aromatic carbocycles. The number of ketones is 2. The summed E-state index contributed by atoms with van der Waals surface area (Å²) in [6, 6.07) is 11.9. The summed E-state index contributed by atoms with van der Waals surface area (Å²) in [5, 5.41) is 14.6. The van der Waals surface area contributed by atoms with Gasteiger partial charge in [-0.2, -0.15) is 11.3 Å². The van der Waals surface area contributed by atoms with Gasteiger partial charge < -0.3 is 16.6 Å². The Labute approximate surface area is 233 Å². The summed E-state index contributed by atoms with van der Waals surface area (Å²) < 4.78 is 27.2. The highest BCUT2D eigenvalue weighted by Crippen LogP contribution is 2.29. The number of thiophene rings is 1. The van der Waals surface area contributed by atoms with Gasteiger partial charge in [0.05, 0.1) is 0 Å². The second-order valence-electron chi connectivity index (χ2n) is 11.1. The van der Waals surface area contributed by atoms with Crippen molar-refractivity contribution in [3.63, 3.8) is 0 Å². The summed E-state index contributed by atoms with van der Waals surface area (Å²) in [4.78, 5) is 25.1. The highest BCUT2D eigenvalue weighted by atomic mass is 32.1. The molecule has 0 radical (unpaired) electrons. The van der Waals surface area contributed by atoms with Crippen LogP contribution in [-0.2, 0) is 22.4 Å². The van der Waals surface area contributed by atoms with E-state index in [0.29, 0.717) is 19.3 Å². The molecule has 1 heterocycles. The minimum Gasteiger partial charge on any atom is -0.384 e. The molecule has 3 unspecified atom stereocenters. The third kappa shape index (κ3) is 9.72. The Morgan fingerprint density at radius 3 is 2.31 bits per heavy atom. The molecule has 3 rings (SSSR count). The van der Waals surface area contributed by atoms with Crippen LogP contribution in [0.1, 0.15) is 57.1 Å². The third-order valence-corrected chi connectivity index (χ3v) is 7.81. The van der Waals surface area contributed by atoms with E-state index < -0.39 is 29.8 Å². The molecule has 0 aliphatic heterocycles. The van der Waals surface area contributed by atoms with Crippen LogP contribution < -0.4 is 11.5 Å². The van der Waals surface area contributed by atoms with E-state index in [1.54, 1.807) is 11.3 Å². The topological polar surface area (TPSA) is 106 Å². The van der Waals surface area contributed by atoms with Gasteiger partial charge in [-0.05, 0) is 88.4 Å². The standard InChI is InChI=1S/C31H38F2N2O3S/c1-31(2,12-9-26(36)18-25(34)17-23-16-24(32)7-8-27(23)33)13-10-29(37)30(38)28(35)15-20-3-5-21(6-4-20)22-11-14-39-19-22/h3-8,11,14,16,19,25,28,30,38H,9-10,12-13,15,17-18,34-35H2,1-2H3. The lowest BCUT2D eigenvalue weighted by molar-refractivity contribution is -0.128. The van der Waals surface area contributed by atoms with Gasteiger partial charge in [-0.1, -0.05) is 38.1 Å². The molecule has 0 saturated carbocycles. The molecular formula is C31H38F2N2O3S. The number of hydrogen-bond donors (Lipinski definition) is 3. The molecule has 0 aliphatic carbocycles. The molecule has 0 amide bonds. The van der Waals surface area contributed by atoms with Crippen molar-refractivity contribution in [3.8, 4) is 11.1 Å². The lowest BCUT2D eigenvalue weighted by Crippen LogP contribution is -2.42. The molecule has 0 aliphatic rings.